The van der Waals surface area contributed by atoms with Crippen molar-refractivity contribution in [1.82, 2.24) is 25.0 Å². The molecule has 1 fully saturated rings. The Morgan fingerprint density at radius 1 is 1.23 bits per heavy atom. The minimum Gasteiger partial charge on any atom is -0.481 e. The Balaban J connectivity index is 1.74. The van der Waals surface area contributed by atoms with Crippen LogP contribution in [0.3, 0.4) is 0 Å². The maximum absolute atomic E-state index is 11.4. The van der Waals surface area contributed by atoms with E-state index >= 15 is 0 Å². The number of aliphatic hydroxyl groups is 2. The number of aliphatic carboxylic acids is 1. The van der Waals surface area contributed by atoms with Crippen molar-refractivity contribution in [2.75, 3.05) is 11.9 Å². The highest BCUT2D eigenvalue weighted by molar-refractivity contribution is 7.99. The average molecular weight is 445 g/mol. The van der Waals surface area contributed by atoms with Crippen molar-refractivity contribution >= 4 is 34.7 Å². The second kappa shape index (κ2) is 9.16. The van der Waals surface area contributed by atoms with Crippen LogP contribution < -0.4 is 5.32 Å². The third kappa shape index (κ3) is 4.34. The number of hydrogen-bond acceptors (Lipinski definition) is 9. The molecular weight excluding hydrogens is 420 g/mol. The van der Waals surface area contributed by atoms with Crippen LogP contribution >= 0.6 is 11.8 Å². The summed E-state index contributed by atoms with van der Waals surface area (Å²) in [5, 5.41) is 42.1. The summed E-state index contributed by atoms with van der Waals surface area (Å²) in [5.74, 6) is -1.71. The Labute approximate surface area is 182 Å². The number of unbranched alkanes of at least 4 members (excludes halogenated alkanes) is 1. The quantitative estimate of drug-likeness (QED) is 0.300. The highest BCUT2D eigenvalue weighted by Gasteiger charge is 2.47. The molecule has 0 radical (unpaired) electrons. The second-order valence-electron chi connectivity index (χ2n) is 7.49. The summed E-state index contributed by atoms with van der Waals surface area (Å²) in [7, 11) is 0. The third-order valence-corrected chi connectivity index (χ3v) is 6.23. The van der Waals surface area contributed by atoms with Crippen LogP contribution in [0.2, 0.25) is 0 Å². The van der Waals surface area contributed by atoms with Crippen LogP contribution in [-0.2, 0) is 4.79 Å². The van der Waals surface area contributed by atoms with Crippen molar-refractivity contribution in [3.63, 3.8) is 0 Å². The van der Waals surface area contributed by atoms with E-state index in [0.717, 1.165) is 17.7 Å². The van der Waals surface area contributed by atoms with Crippen LogP contribution in [0.5, 0.6) is 0 Å². The monoisotopic (exact) mass is 444 g/mol. The van der Waals surface area contributed by atoms with Crippen molar-refractivity contribution < 1.29 is 20.1 Å². The molecule has 0 bridgehead atoms. The fraction of sp³-hybridized carbons (Fsp3) is 0.450. The van der Waals surface area contributed by atoms with Gasteiger partial charge in [0.25, 0.3) is 0 Å². The molecule has 0 amide bonds. The van der Waals surface area contributed by atoms with Crippen LogP contribution in [0.15, 0.2) is 40.4 Å². The average Bonchev–Trinajstić information content (AvgIpc) is 3.30. The number of benzene rings is 1. The third-order valence-electron chi connectivity index (χ3n) is 5.36. The van der Waals surface area contributed by atoms with Crippen LogP contribution in [0.1, 0.15) is 32.2 Å². The van der Waals surface area contributed by atoms with Gasteiger partial charge in [0, 0.05) is 11.4 Å². The molecule has 1 aliphatic rings. The molecule has 2 heterocycles. The SMILES string of the molecule is CCCCNc1nc(Sc2ccccc2)nc2c1nnn2[C@@H]1C[C@H](C(=O)O)[C@@H](O)[C@H]1O. The predicted molar refractivity (Wildman–Crippen MR) is 114 cm³/mol. The summed E-state index contributed by atoms with van der Waals surface area (Å²) in [6.45, 7) is 2.80. The van der Waals surface area contributed by atoms with E-state index in [-0.39, 0.29) is 6.42 Å². The normalized spacial score (nSPS) is 23.3. The van der Waals surface area contributed by atoms with Crippen LogP contribution in [0.4, 0.5) is 5.82 Å². The van der Waals surface area contributed by atoms with Gasteiger partial charge < -0.3 is 20.6 Å². The molecule has 11 heteroatoms. The van der Waals surface area contributed by atoms with Crippen molar-refractivity contribution in [2.24, 2.45) is 5.92 Å². The summed E-state index contributed by atoms with van der Waals surface area (Å²) in [6, 6.07) is 8.93. The first kappa shape index (κ1) is 21.5. The number of nitrogens with zero attached hydrogens (tertiary/aromatic N) is 5. The van der Waals surface area contributed by atoms with Crippen LogP contribution in [-0.4, -0.2) is 65.0 Å². The lowest BCUT2D eigenvalue weighted by atomic mass is 10.1. The number of hydrogen-bond donors (Lipinski definition) is 4. The molecule has 10 nitrogen and oxygen atoms in total. The number of carbonyl (C=O) groups is 1. The fourth-order valence-electron chi connectivity index (χ4n) is 3.68. The van der Waals surface area contributed by atoms with Crippen LogP contribution in [0, 0.1) is 5.92 Å². The fourth-order valence-corrected chi connectivity index (χ4v) is 4.45. The Morgan fingerprint density at radius 2 is 2.00 bits per heavy atom. The zero-order chi connectivity index (χ0) is 22.0. The number of aliphatic hydroxyl groups excluding tert-OH is 2. The van der Waals surface area contributed by atoms with Gasteiger partial charge in [0.05, 0.1) is 18.1 Å². The Bertz CT molecular complexity index is 1060. The van der Waals surface area contributed by atoms with Gasteiger partial charge in [-0.3, -0.25) is 4.79 Å². The van der Waals surface area contributed by atoms with Gasteiger partial charge in [-0.25, -0.2) is 14.6 Å². The molecular formula is C20H24N6O4S. The minimum absolute atomic E-state index is 0.0277. The number of nitrogens with one attached hydrogen (secondary N) is 1. The van der Waals surface area contributed by atoms with Gasteiger partial charge in [0.1, 0.15) is 6.10 Å². The van der Waals surface area contributed by atoms with E-state index < -0.39 is 30.1 Å². The number of carboxylic acids is 1. The van der Waals surface area contributed by atoms with E-state index in [1.54, 1.807) is 0 Å². The second-order valence-corrected chi connectivity index (χ2v) is 8.53. The van der Waals surface area contributed by atoms with E-state index in [1.807, 2.05) is 30.3 Å². The summed E-state index contributed by atoms with van der Waals surface area (Å²) >= 11 is 1.38. The minimum atomic E-state index is -1.39. The van der Waals surface area contributed by atoms with Crippen molar-refractivity contribution in [2.45, 2.75) is 54.5 Å². The van der Waals surface area contributed by atoms with E-state index in [9.17, 15) is 20.1 Å². The number of aromatic nitrogens is 5. The lowest BCUT2D eigenvalue weighted by Crippen LogP contribution is -2.32. The number of rotatable bonds is 8. The Kier molecular flexibility index (Phi) is 6.35. The zero-order valence-corrected chi connectivity index (χ0v) is 17.7. The molecule has 3 aromatic rings. The molecule has 4 rings (SSSR count). The van der Waals surface area contributed by atoms with E-state index in [2.05, 4.69) is 32.5 Å². The molecule has 1 aromatic carbocycles. The van der Waals surface area contributed by atoms with Crippen molar-refractivity contribution in [1.29, 1.82) is 0 Å². The maximum atomic E-state index is 11.4. The van der Waals surface area contributed by atoms with E-state index in [0.29, 0.717) is 28.7 Å². The van der Waals surface area contributed by atoms with Gasteiger partial charge in [-0.1, -0.05) is 36.8 Å². The topological polar surface area (TPSA) is 146 Å². The molecule has 1 aliphatic carbocycles. The van der Waals surface area contributed by atoms with Gasteiger partial charge in [-0.05, 0) is 36.7 Å². The lowest BCUT2D eigenvalue weighted by Gasteiger charge is -2.16. The van der Waals surface area contributed by atoms with Crippen molar-refractivity contribution in [3.8, 4) is 0 Å². The Hall–Kier alpha value is -2.76. The highest BCUT2D eigenvalue weighted by Crippen LogP contribution is 2.37. The first-order valence-electron chi connectivity index (χ1n) is 10.2. The first-order chi connectivity index (χ1) is 15.0. The molecule has 0 aliphatic heterocycles. The molecule has 4 N–H and O–H groups in total. The van der Waals surface area contributed by atoms with E-state index in [4.69, 9.17) is 0 Å². The summed E-state index contributed by atoms with van der Waals surface area (Å²) in [5.41, 5.74) is 0.823. The van der Waals surface area contributed by atoms with Gasteiger partial charge in [-0.15, -0.1) is 5.10 Å². The highest BCUT2D eigenvalue weighted by atomic mass is 32.2. The maximum Gasteiger partial charge on any atom is 0.309 e. The van der Waals surface area contributed by atoms with Crippen molar-refractivity contribution in [3.05, 3.63) is 30.3 Å². The lowest BCUT2D eigenvalue weighted by molar-refractivity contribution is -0.145. The molecule has 164 valence electrons. The van der Waals surface area contributed by atoms with E-state index in [1.165, 1.54) is 16.4 Å². The van der Waals surface area contributed by atoms with Gasteiger partial charge in [0.15, 0.2) is 22.1 Å². The largest absolute Gasteiger partial charge is 0.481 e. The number of carboxylic acid groups (broad SMARTS) is 1. The predicted octanol–water partition coefficient (Wildman–Crippen LogP) is 1.95. The van der Waals surface area contributed by atoms with Crippen LogP contribution in [0.25, 0.3) is 11.2 Å². The summed E-state index contributed by atoms with van der Waals surface area (Å²) in [6.07, 6.45) is -0.678. The molecule has 0 unspecified atom stereocenters. The Morgan fingerprint density at radius 3 is 2.68 bits per heavy atom. The molecule has 4 atom stereocenters. The zero-order valence-electron chi connectivity index (χ0n) is 16.9. The van der Waals surface area contributed by atoms with Gasteiger partial charge >= 0.3 is 5.97 Å². The first-order valence-corrected chi connectivity index (χ1v) is 11.0. The molecule has 1 saturated carbocycles. The van der Waals surface area contributed by atoms with Gasteiger partial charge in [0.2, 0.25) is 0 Å². The standard InChI is InChI=1S/C20H24N6O4S/c1-2-3-9-21-17-14-18(23-20(22-17)31-11-7-5-4-6-8-11)26(25-24-14)13-10-12(19(29)30)15(27)16(13)28/h4-8,12-13,15-16,27-28H,2-3,9-10H2,1H3,(H,29,30)(H,21,22,23)/t12-,13+,15+,16-/m0/s1. The number of anilines is 1. The summed E-state index contributed by atoms with van der Waals surface area (Å²) in [4.78, 5) is 21.6. The summed E-state index contributed by atoms with van der Waals surface area (Å²) < 4.78 is 1.41. The van der Waals surface area contributed by atoms with Gasteiger partial charge in [-0.2, -0.15) is 0 Å². The molecule has 2 aromatic heterocycles. The molecule has 0 spiro atoms. The molecule has 0 saturated heterocycles. The number of fused-ring (bicyclic) bond motifs is 1. The molecule has 31 heavy (non-hydrogen) atoms. The smallest absolute Gasteiger partial charge is 0.309 e.